The van der Waals surface area contributed by atoms with Crippen LogP contribution in [0.15, 0.2) is 125 Å². The summed E-state index contributed by atoms with van der Waals surface area (Å²) < 4.78 is 153. The molecule has 6 aromatic carbocycles. The van der Waals surface area contributed by atoms with Crippen molar-refractivity contribution in [3.8, 4) is 11.5 Å². The number of rotatable bonds is 37. The lowest BCUT2D eigenvalue weighted by Crippen LogP contribution is -2.34. The number of carboxylic acids is 4. The second kappa shape index (κ2) is 33.3. The summed E-state index contributed by atoms with van der Waals surface area (Å²) in [4.78, 5) is 70.6. The Hall–Kier alpha value is -10.5. The Kier molecular flexibility index (Phi) is 25.2. The van der Waals surface area contributed by atoms with E-state index in [4.69, 9.17) is 9.47 Å². The lowest BCUT2D eigenvalue weighted by atomic mass is 10.1. The van der Waals surface area contributed by atoms with E-state index >= 15 is 0 Å². The number of fused-ring (bicyclic) bond motifs is 2. The molecule has 0 spiro atoms. The summed E-state index contributed by atoms with van der Waals surface area (Å²) in [5.74, 6) is -12.3. The highest BCUT2D eigenvalue weighted by Gasteiger charge is 2.30. The number of aromatic hydroxyl groups is 2. The Labute approximate surface area is 581 Å². The molecule has 48 heteroatoms. The van der Waals surface area contributed by atoms with Gasteiger partial charge in [-0.3, -0.25) is 18.2 Å². The number of nitrogens with one attached hydrogen (secondary N) is 6. The standard InChI is InChI=1S/C54H54N16O26S6/c71-11-15-95-13-9-55-49-61-51(57-33-21-27(99(83,84)85)17-25-19-37(101(89,90)91)41(43(73)39(25)33)69-67-31-7-3-1-5-29(31)45(75)76)65-53(63-49)59-35(47(79)80)23-97-98-24-36(48(81)82)60-54-64-50(56-10-14-96-16-12-72)62-52(66-54)58-34-22-28(100(86,87)88)18-26-20-38(102(92,93)94)42(44(74)40(26)34)70-68-32-8-4-2-6-30(32)46(77)78/h1-8,17-22,35-36,71-74H,9-16,23-24H2,(H,75,76)(H,77,78)(H,79,80)(H,81,82)(H,83,84,85)(H,86,87,88)(H,89,90,91)(H,92,93,94)(H3,55,57,59,61,63,65)(H3,56,58,60,62,64,66)/b69-67+,70-68+. The van der Waals surface area contributed by atoms with Crippen LogP contribution in [0.1, 0.15) is 20.7 Å². The van der Waals surface area contributed by atoms with Gasteiger partial charge in [-0.15, -0.1) is 20.5 Å². The lowest BCUT2D eigenvalue weighted by Gasteiger charge is -2.18. The predicted octanol–water partition coefficient (Wildman–Crippen LogP) is 5.13. The average Bonchev–Trinajstić information content (AvgIpc) is 0.753. The molecule has 8 aromatic rings. The Morgan fingerprint density at radius 3 is 1.15 bits per heavy atom. The number of benzene rings is 6. The van der Waals surface area contributed by atoms with Crippen molar-refractivity contribution in [2.24, 2.45) is 20.5 Å². The molecule has 0 aliphatic carbocycles. The minimum Gasteiger partial charge on any atom is -0.505 e. The number of carboxylic acid groups (broad SMARTS) is 4. The van der Waals surface area contributed by atoms with Crippen molar-refractivity contribution in [3.05, 3.63) is 96.1 Å². The monoisotopic (exact) mass is 1530 g/mol. The van der Waals surface area contributed by atoms with Crippen molar-refractivity contribution in [2.75, 3.05) is 96.1 Å². The number of nitrogens with zero attached hydrogens (tertiary/aromatic N) is 10. The highest BCUT2D eigenvalue weighted by Crippen LogP contribution is 2.48. The molecule has 0 amide bonds. The minimum atomic E-state index is -5.40. The first-order valence-electron chi connectivity index (χ1n) is 28.3. The van der Waals surface area contributed by atoms with Crippen molar-refractivity contribution in [2.45, 2.75) is 31.7 Å². The number of aliphatic carboxylic acids is 2. The molecule has 0 bridgehead atoms. The van der Waals surface area contributed by atoms with E-state index in [1.54, 1.807) is 0 Å². The summed E-state index contributed by atoms with van der Waals surface area (Å²) in [5, 5.41) is 111. The van der Waals surface area contributed by atoms with E-state index in [9.17, 15) is 112 Å². The van der Waals surface area contributed by atoms with E-state index in [2.05, 4.69) is 82.3 Å². The first kappa shape index (κ1) is 77.3. The number of phenols is 2. The van der Waals surface area contributed by atoms with Crippen LogP contribution in [0, 0.1) is 0 Å². The smallest absolute Gasteiger partial charge is 0.337 e. The molecule has 18 N–H and O–H groups in total. The minimum absolute atomic E-state index is 0.0891. The third-order valence-corrected chi connectivity index (χ3v) is 19.1. The largest absolute Gasteiger partial charge is 0.505 e. The molecule has 0 aliphatic heterocycles. The number of ether oxygens (including phenoxy) is 2. The molecule has 0 saturated carbocycles. The van der Waals surface area contributed by atoms with Crippen LogP contribution >= 0.6 is 21.6 Å². The fraction of sp³-hybridized carbons (Fsp3) is 0.222. The van der Waals surface area contributed by atoms with Crippen LogP contribution in [-0.2, 0) is 59.5 Å². The number of hydrogen-bond acceptors (Lipinski definition) is 36. The quantitative estimate of drug-likeness (QED) is 0.0104. The molecule has 2 atom stereocenters. The summed E-state index contributed by atoms with van der Waals surface area (Å²) >= 11 is 0. The number of aliphatic hydroxyl groups excluding tert-OH is 2. The molecule has 542 valence electrons. The maximum Gasteiger partial charge on any atom is 0.337 e. The highest BCUT2D eigenvalue weighted by molar-refractivity contribution is 8.76. The normalized spacial score (nSPS) is 12.7. The molecular weight excluding hydrogens is 1480 g/mol. The predicted molar refractivity (Wildman–Crippen MR) is 360 cm³/mol. The number of aromatic nitrogens is 6. The maximum absolute atomic E-state index is 12.9. The Morgan fingerprint density at radius 2 is 0.814 bits per heavy atom. The van der Waals surface area contributed by atoms with E-state index in [-0.39, 0.29) is 76.0 Å². The SMILES string of the molecule is O=C(O)c1ccccc1/N=N/c1c(S(=O)(=O)O)cc2cc(S(=O)(=O)O)cc(Nc3nc(NCCOCCO)nc(NC(CSSCC(Nc4nc(NCCOCCO)nc(Nc5cc(S(=O)(=O)O)cc6cc(S(=O)(=O)O)c(/N=N/c7ccccc7C(=O)O)c(O)c56)n4)C(=O)O)C(=O)O)n3)c2c1O. The van der Waals surface area contributed by atoms with Crippen molar-refractivity contribution >= 4 is 177 Å². The van der Waals surface area contributed by atoms with Crippen LogP contribution in [-0.4, -0.2) is 223 Å². The fourth-order valence-electron chi connectivity index (χ4n) is 8.78. The van der Waals surface area contributed by atoms with Crippen LogP contribution in [0.4, 0.5) is 69.8 Å². The number of hydrogen-bond donors (Lipinski definition) is 18. The van der Waals surface area contributed by atoms with Crippen molar-refractivity contribution in [3.63, 3.8) is 0 Å². The lowest BCUT2D eigenvalue weighted by molar-refractivity contribution is -0.138. The molecule has 8 rings (SSSR count). The van der Waals surface area contributed by atoms with Crippen LogP contribution in [0.25, 0.3) is 21.5 Å². The Bertz CT molecular complexity index is 4790. The van der Waals surface area contributed by atoms with Gasteiger partial charge in [-0.05, 0) is 71.4 Å². The molecule has 0 saturated heterocycles. The summed E-state index contributed by atoms with van der Waals surface area (Å²) in [6.07, 6.45) is 0. The number of aliphatic hydroxyl groups is 2. The third-order valence-electron chi connectivity index (χ3n) is 13.2. The topological polar surface area (TPSA) is 665 Å². The molecule has 0 radical (unpaired) electrons. The van der Waals surface area contributed by atoms with Gasteiger partial charge < -0.3 is 82.2 Å². The van der Waals surface area contributed by atoms with E-state index < -0.39 is 198 Å². The van der Waals surface area contributed by atoms with Crippen molar-refractivity contribution < 1.29 is 121 Å². The van der Waals surface area contributed by atoms with E-state index in [0.717, 1.165) is 45.9 Å². The molecule has 0 fully saturated rings. The molecule has 2 aromatic heterocycles. The molecule has 102 heavy (non-hydrogen) atoms. The summed E-state index contributed by atoms with van der Waals surface area (Å²) in [6.45, 7) is -1.30. The number of carbonyl (C=O) groups is 4. The zero-order valence-corrected chi connectivity index (χ0v) is 56.2. The van der Waals surface area contributed by atoms with Crippen LogP contribution in [0.3, 0.4) is 0 Å². The average molecular weight is 1540 g/mol. The second-order valence-electron chi connectivity index (χ2n) is 20.3. The van der Waals surface area contributed by atoms with Gasteiger partial charge in [0.2, 0.25) is 35.7 Å². The van der Waals surface area contributed by atoms with Gasteiger partial charge in [0, 0.05) is 35.4 Å². The maximum atomic E-state index is 12.9. The first-order valence-corrected chi connectivity index (χ1v) is 36.6. The molecule has 0 aliphatic rings. The van der Waals surface area contributed by atoms with Gasteiger partial charge in [0.25, 0.3) is 40.5 Å². The third kappa shape index (κ3) is 20.2. The summed E-state index contributed by atoms with van der Waals surface area (Å²) in [6, 6.07) is 10.6. The van der Waals surface area contributed by atoms with E-state index in [1.807, 2.05) is 0 Å². The van der Waals surface area contributed by atoms with Crippen LogP contribution in [0.2, 0.25) is 0 Å². The number of azo groups is 2. The van der Waals surface area contributed by atoms with Gasteiger partial charge in [0.05, 0.1) is 71.9 Å². The summed E-state index contributed by atoms with van der Waals surface area (Å²) in [7, 11) is -19.7. The van der Waals surface area contributed by atoms with Crippen LogP contribution < -0.4 is 31.9 Å². The van der Waals surface area contributed by atoms with Gasteiger partial charge in [-0.25, -0.2) is 19.2 Å². The zero-order chi connectivity index (χ0) is 74.4. The summed E-state index contributed by atoms with van der Waals surface area (Å²) in [5.41, 5.74) is -4.72. The number of anilines is 8. The molecular formula is C54H54N16O26S6. The number of aromatic carboxylic acids is 2. The fourth-order valence-corrected chi connectivity index (χ4v) is 13.5. The highest BCUT2D eigenvalue weighted by atomic mass is 33.1. The van der Waals surface area contributed by atoms with Gasteiger partial charge in [0.15, 0.2) is 11.5 Å². The molecule has 42 nitrogen and oxygen atoms in total. The van der Waals surface area contributed by atoms with E-state index in [0.29, 0.717) is 36.4 Å². The second-order valence-corrected chi connectivity index (χ2v) is 28.4. The molecule has 2 unspecified atom stereocenters. The van der Waals surface area contributed by atoms with Crippen LogP contribution in [0.5, 0.6) is 11.5 Å². The Morgan fingerprint density at radius 1 is 0.461 bits per heavy atom. The first-order chi connectivity index (χ1) is 48.1. The number of phenolic OH excluding ortho intramolecular Hbond substituents is 2. The van der Waals surface area contributed by atoms with Gasteiger partial charge in [-0.1, -0.05) is 45.9 Å². The van der Waals surface area contributed by atoms with Crippen molar-refractivity contribution in [1.29, 1.82) is 0 Å². The zero-order valence-electron chi connectivity index (χ0n) is 51.3. The van der Waals surface area contributed by atoms with E-state index in [1.165, 1.54) is 24.3 Å². The van der Waals surface area contributed by atoms with Gasteiger partial charge in [0.1, 0.15) is 44.6 Å². The van der Waals surface area contributed by atoms with Gasteiger partial charge >= 0.3 is 23.9 Å². The van der Waals surface area contributed by atoms with Gasteiger partial charge in [-0.2, -0.15) is 63.6 Å². The Balaban J connectivity index is 1.09. The van der Waals surface area contributed by atoms with Crippen molar-refractivity contribution in [1.82, 2.24) is 29.9 Å². The molecule has 2 heterocycles.